The normalized spacial score (nSPS) is 23.6. The number of para-hydroxylation sites is 2. The number of aliphatic hydroxyl groups excluding tert-OH is 1. The molecular weight excluding hydrogens is 1430 g/mol. The number of carbonyl (C=O) groups is 14. The molecular formula is C73H104N18O15S2. The number of hydrogen-bond donors (Lipinski definition) is 19. The smallest absolute Gasteiger partial charge is 0.245 e. The SMILES string of the molecule is CC[C@H](C)[C@@H]1NC(=O)[C@H](Cc2ccccc2)NC(=O)CSC[C@@H](C(N)=O)NC(=O)[C@H](C(C)C)NC(=O)[C@H](Cc2c[nH]c3ccccc23)NC(=O)[C@@H](CCCCN)NC(=O)[C@H](CCSC)NC(=O)[C@H](Cc2c[nH]c3ccccc23)NC(=O)[C@H](CC(N)=O)NC(=O)[C@H](CCCCN)NC(=O)CNC(=O)[C@H](CO)NC1=O. The second-order valence-corrected chi connectivity index (χ2v) is 28.9. The van der Waals surface area contributed by atoms with Crippen molar-refractivity contribution < 1.29 is 72.2 Å². The molecule has 1 fully saturated rings. The largest absolute Gasteiger partial charge is 0.394 e. The zero-order valence-corrected chi connectivity index (χ0v) is 63.0. The van der Waals surface area contributed by atoms with Crippen LogP contribution in [0.2, 0.25) is 0 Å². The summed E-state index contributed by atoms with van der Waals surface area (Å²) in [6, 6.07) is 6.43. The van der Waals surface area contributed by atoms with Crippen LogP contribution in [0.5, 0.6) is 0 Å². The number of nitrogens with one attached hydrogen (secondary N) is 14. The van der Waals surface area contributed by atoms with Crippen molar-refractivity contribution in [1.82, 2.24) is 73.8 Å². The molecule has 23 N–H and O–H groups in total. The van der Waals surface area contributed by atoms with Gasteiger partial charge in [0, 0.05) is 59.2 Å². The Hall–Kier alpha value is -10.1. The minimum atomic E-state index is -1.81. The van der Waals surface area contributed by atoms with E-state index in [1.165, 1.54) is 11.8 Å². The van der Waals surface area contributed by atoms with Crippen LogP contribution in [0.1, 0.15) is 102 Å². The van der Waals surface area contributed by atoms with Crippen molar-refractivity contribution in [3.8, 4) is 0 Å². The average molecular weight is 1540 g/mol. The second kappa shape index (κ2) is 44.3. The number of thioether (sulfide) groups is 2. The fourth-order valence-electron chi connectivity index (χ4n) is 12.0. The molecule has 1 saturated heterocycles. The van der Waals surface area contributed by atoms with Crippen LogP contribution in [0.15, 0.2) is 91.3 Å². The molecule has 588 valence electrons. The van der Waals surface area contributed by atoms with Gasteiger partial charge >= 0.3 is 0 Å². The van der Waals surface area contributed by atoms with E-state index in [-0.39, 0.29) is 76.0 Å². The van der Waals surface area contributed by atoms with Crippen LogP contribution in [0, 0.1) is 11.8 Å². The quantitative estimate of drug-likeness (QED) is 0.0295. The highest BCUT2D eigenvalue weighted by Crippen LogP contribution is 2.23. The van der Waals surface area contributed by atoms with Crippen LogP contribution in [0.3, 0.4) is 0 Å². The molecule has 3 aromatic carbocycles. The van der Waals surface area contributed by atoms with Crippen LogP contribution < -0.4 is 86.7 Å². The average Bonchev–Trinajstić information content (AvgIpc) is 1.65. The summed E-state index contributed by atoms with van der Waals surface area (Å²) in [6.07, 6.45) is 5.09. The third kappa shape index (κ3) is 27.0. The van der Waals surface area contributed by atoms with Crippen LogP contribution in [-0.4, -0.2) is 214 Å². The van der Waals surface area contributed by atoms with Crippen molar-refractivity contribution in [3.05, 3.63) is 108 Å². The second-order valence-electron chi connectivity index (χ2n) is 26.9. The summed E-state index contributed by atoms with van der Waals surface area (Å²) in [4.78, 5) is 206. The Kier molecular flexibility index (Phi) is 35.6. The van der Waals surface area contributed by atoms with Crippen molar-refractivity contribution in [3.63, 3.8) is 0 Å². The molecule has 35 heteroatoms. The topological polar surface area (TPSA) is 539 Å². The van der Waals surface area contributed by atoms with E-state index in [4.69, 9.17) is 22.9 Å². The number of primary amides is 2. The number of H-pyrrole nitrogens is 2. The third-order valence-electron chi connectivity index (χ3n) is 18.3. The predicted molar refractivity (Wildman–Crippen MR) is 409 cm³/mol. The first-order valence-electron chi connectivity index (χ1n) is 36.1. The molecule has 0 bridgehead atoms. The lowest BCUT2D eigenvalue weighted by Gasteiger charge is -2.29. The van der Waals surface area contributed by atoms with Gasteiger partial charge < -0.3 is 102 Å². The fraction of sp³-hybridized carbons (Fsp3) is 0.507. The number of nitrogens with two attached hydrogens (primary N) is 4. The molecule has 33 nitrogen and oxygen atoms in total. The van der Waals surface area contributed by atoms with E-state index in [1.54, 1.807) is 119 Å². The van der Waals surface area contributed by atoms with Crippen molar-refractivity contribution in [2.75, 3.05) is 49.8 Å². The molecule has 12 atom stereocenters. The van der Waals surface area contributed by atoms with Crippen molar-refractivity contribution in [2.24, 2.45) is 34.8 Å². The lowest BCUT2D eigenvalue weighted by molar-refractivity contribution is -0.136. The number of rotatable bonds is 24. The number of aromatic amines is 2. The molecule has 1 aliphatic heterocycles. The van der Waals surface area contributed by atoms with E-state index in [9.17, 15) is 62.6 Å². The zero-order valence-electron chi connectivity index (χ0n) is 61.4. The van der Waals surface area contributed by atoms with Gasteiger partial charge in [-0.1, -0.05) is 101 Å². The highest BCUT2D eigenvalue weighted by atomic mass is 32.2. The van der Waals surface area contributed by atoms with Gasteiger partial charge in [0.15, 0.2) is 0 Å². The molecule has 0 spiro atoms. The van der Waals surface area contributed by atoms with E-state index in [2.05, 4.69) is 73.8 Å². The summed E-state index contributed by atoms with van der Waals surface area (Å²) in [6.45, 7) is 5.15. The van der Waals surface area contributed by atoms with Gasteiger partial charge in [0.2, 0.25) is 82.7 Å². The minimum Gasteiger partial charge on any atom is -0.394 e. The Morgan fingerprint density at radius 3 is 1.45 bits per heavy atom. The van der Waals surface area contributed by atoms with E-state index in [0.717, 1.165) is 11.8 Å². The summed E-state index contributed by atoms with van der Waals surface area (Å²) in [5.41, 5.74) is 26.3. The Labute approximate surface area is 634 Å². The standard InChI is InChI=1S/C73H104N18O15S2/c1-6-41(4)62-73(106)88-56(37-92)64(97)80-36-59(94)81-49(24-14-16-27-74)65(98)87-55(33-58(76)93)69(102)86-53(31-43-34-78-47-22-12-10-20-45(43)47)68(101)84-51(26-29-107-5)67(100)83-50(25-15-17-28-75)66(99)85-54(32-44-35-79-48-23-13-11-21-46(44)48)71(104)90-61(40(2)3)72(105)89-57(63(77)96)38-108-39-60(95)82-52(70(103)91-62)30-42-18-8-7-9-19-42/h7-13,18-23,34-35,40-41,49-57,61-62,78-79,92H,6,14-17,24-33,36-39,74-75H2,1-5H3,(H2,76,93)(H2,77,96)(H,80,97)(H,81,94)(H,82,95)(H,83,100)(H,84,101)(H,85,99)(H,86,102)(H,87,98)(H,88,106)(H,89,105)(H,90,104)(H,91,103)/t41-,49-,50+,51-,52-,53-,54-,55-,56-,57-,61-,62-/m0/s1. The number of aliphatic hydroxyl groups is 1. The van der Waals surface area contributed by atoms with Crippen LogP contribution in [0.25, 0.3) is 21.8 Å². The highest BCUT2D eigenvalue weighted by molar-refractivity contribution is 8.00. The fourth-order valence-corrected chi connectivity index (χ4v) is 13.4. The van der Waals surface area contributed by atoms with Crippen LogP contribution in [0.4, 0.5) is 0 Å². The number of hydrogen-bond acceptors (Lipinski definition) is 19. The van der Waals surface area contributed by atoms with E-state index in [1.807, 2.05) is 6.07 Å². The van der Waals surface area contributed by atoms with Crippen LogP contribution >= 0.6 is 23.5 Å². The van der Waals surface area contributed by atoms with Crippen LogP contribution in [-0.2, 0) is 86.4 Å². The number of unbranched alkanes of at least 4 members (excludes halogenated alkanes) is 2. The van der Waals surface area contributed by atoms with Gasteiger partial charge in [-0.3, -0.25) is 67.1 Å². The van der Waals surface area contributed by atoms with Gasteiger partial charge in [0.05, 0.1) is 25.3 Å². The Morgan fingerprint density at radius 1 is 0.500 bits per heavy atom. The van der Waals surface area contributed by atoms with Crippen molar-refractivity contribution >= 4 is 128 Å². The number of amides is 14. The molecule has 5 aromatic rings. The van der Waals surface area contributed by atoms with Gasteiger partial charge in [0.1, 0.15) is 66.5 Å². The molecule has 0 aliphatic carbocycles. The molecule has 1 aliphatic rings. The van der Waals surface area contributed by atoms with Gasteiger partial charge in [-0.2, -0.15) is 11.8 Å². The third-order valence-corrected chi connectivity index (χ3v) is 20.0. The maximum absolute atomic E-state index is 15.1. The van der Waals surface area contributed by atoms with Crippen molar-refractivity contribution in [2.45, 2.75) is 171 Å². The summed E-state index contributed by atoms with van der Waals surface area (Å²) in [5, 5.41) is 43.3. The van der Waals surface area contributed by atoms with E-state index < -0.39 is 186 Å². The first-order valence-corrected chi connectivity index (χ1v) is 38.6. The predicted octanol–water partition coefficient (Wildman–Crippen LogP) is -2.06. The maximum Gasteiger partial charge on any atom is 0.245 e. The first-order chi connectivity index (χ1) is 51.7. The molecule has 14 amide bonds. The molecule has 108 heavy (non-hydrogen) atoms. The molecule has 6 rings (SSSR count). The lowest BCUT2D eigenvalue weighted by Crippen LogP contribution is -2.61. The lowest BCUT2D eigenvalue weighted by atomic mass is 9.96. The summed E-state index contributed by atoms with van der Waals surface area (Å²) in [7, 11) is 0. The van der Waals surface area contributed by atoms with E-state index in [0.29, 0.717) is 57.8 Å². The molecule has 3 heterocycles. The first kappa shape index (κ1) is 86.8. The molecule has 0 unspecified atom stereocenters. The number of aromatic nitrogens is 2. The summed E-state index contributed by atoms with van der Waals surface area (Å²) in [5.74, 6) is -14.7. The maximum atomic E-state index is 15.1. The number of fused-ring (bicyclic) bond motifs is 2. The van der Waals surface area contributed by atoms with E-state index >= 15 is 9.59 Å². The summed E-state index contributed by atoms with van der Waals surface area (Å²) >= 11 is 2.20. The monoisotopic (exact) mass is 1540 g/mol. The zero-order chi connectivity index (χ0) is 79.0. The minimum absolute atomic E-state index is 0.0295. The highest BCUT2D eigenvalue weighted by Gasteiger charge is 2.38. The number of benzene rings is 3. The molecule has 2 aromatic heterocycles. The summed E-state index contributed by atoms with van der Waals surface area (Å²) < 4.78 is 0. The molecule has 0 radical (unpaired) electrons. The van der Waals surface area contributed by atoms with Gasteiger partial charge in [-0.25, -0.2) is 0 Å². The Balaban J connectivity index is 1.40. The Bertz CT molecular complexity index is 3920. The van der Waals surface area contributed by atoms with Gasteiger partial charge in [-0.05, 0) is 111 Å². The van der Waals surface area contributed by atoms with Crippen molar-refractivity contribution in [1.29, 1.82) is 0 Å². The molecule has 0 saturated carbocycles. The van der Waals surface area contributed by atoms with Gasteiger partial charge in [0.25, 0.3) is 0 Å². The van der Waals surface area contributed by atoms with Gasteiger partial charge in [-0.15, -0.1) is 11.8 Å². The Morgan fingerprint density at radius 2 is 0.944 bits per heavy atom. The number of carbonyl (C=O) groups excluding carboxylic acids is 14.